The van der Waals surface area contributed by atoms with Crippen LogP contribution in [0.4, 0.5) is 0 Å². The highest BCUT2D eigenvalue weighted by Crippen LogP contribution is 2.09. The van der Waals surface area contributed by atoms with Crippen molar-refractivity contribution in [2.75, 3.05) is 0 Å². The Labute approximate surface area is 126 Å². The monoisotopic (exact) mass is 295 g/mol. The highest BCUT2D eigenvalue weighted by atomic mass is 32.1. The van der Waals surface area contributed by atoms with Crippen molar-refractivity contribution in [3.8, 4) is 0 Å². The second-order valence-corrected chi connectivity index (χ2v) is 5.47. The van der Waals surface area contributed by atoms with Gasteiger partial charge in [0.25, 0.3) is 0 Å². The first-order chi connectivity index (χ1) is 9.74. The number of hydrogen-bond acceptors (Lipinski definition) is 3. The lowest BCUT2D eigenvalue weighted by Gasteiger charge is -2.06. The van der Waals surface area contributed by atoms with E-state index in [1.807, 2.05) is 6.07 Å². The minimum absolute atomic E-state index is 0.210. The summed E-state index contributed by atoms with van der Waals surface area (Å²) in [4.78, 5) is 16.8. The quantitative estimate of drug-likeness (QED) is 0.463. The Balaban J connectivity index is 2.06. The van der Waals surface area contributed by atoms with Crippen LogP contribution >= 0.6 is 12.2 Å². The van der Waals surface area contributed by atoms with Gasteiger partial charge in [0.2, 0.25) is 0 Å². The van der Waals surface area contributed by atoms with Gasteiger partial charge in [0, 0.05) is 12.6 Å². The molecule has 0 N–H and O–H groups in total. The highest BCUT2D eigenvalue weighted by Gasteiger charge is 2.04. The van der Waals surface area contributed by atoms with Gasteiger partial charge in [-0.05, 0) is 18.6 Å². The molecule has 4 heteroatoms. The summed E-state index contributed by atoms with van der Waals surface area (Å²) in [5.74, 6) is -0.210. The molecule has 0 amide bonds. The van der Waals surface area contributed by atoms with E-state index in [0.717, 1.165) is 12.8 Å². The van der Waals surface area contributed by atoms with Crippen LogP contribution in [0.1, 0.15) is 64.7 Å². The predicted molar refractivity (Wildman–Crippen MR) is 84.1 cm³/mol. The molecule has 20 heavy (non-hydrogen) atoms. The molecule has 0 saturated carbocycles. The zero-order valence-corrected chi connectivity index (χ0v) is 13.2. The fraction of sp³-hybridized carbons (Fsp3) is 0.625. The van der Waals surface area contributed by atoms with Crippen molar-refractivity contribution in [1.29, 1.82) is 0 Å². The molecule has 1 rings (SSSR count). The normalized spacial score (nSPS) is 10.4. The molecule has 3 nitrogen and oxygen atoms in total. The predicted octanol–water partition coefficient (Wildman–Crippen LogP) is 4.70. The van der Waals surface area contributed by atoms with E-state index < -0.39 is 0 Å². The molecule has 0 aliphatic heterocycles. The van der Waals surface area contributed by atoms with Crippen LogP contribution < -0.4 is 4.84 Å². The average molecular weight is 295 g/mol. The highest BCUT2D eigenvalue weighted by molar-refractivity contribution is 7.71. The third-order valence-electron chi connectivity index (χ3n) is 3.22. The van der Waals surface area contributed by atoms with Crippen LogP contribution in [0.3, 0.4) is 0 Å². The van der Waals surface area contributed by atoms with Crippen molar-refractivity contribution in [2.24, 2.45) is 0 Å². The molecule has 0 atom stereocenters. The van der Waals surface area contributed by atoms with Crippen molar-refractivity contribution in [1.82, 2.24) is 4.73 Å². The van der Waals surface area contributed by atoms with Crippen molar-refractivity contribution in [2.45, 2.75) is 64.7 Å². The number of aromatic nitrogens is 1. The van der Waals surface area contributed by atoms with E-state index >= 15 is 0 Å². The summed E-state index contributed by atoms with van der Waals surface area (Å²) >= 11 is 5.06. The van der Waals surface area contributed by atoms with Crippen molar-refractivity contribution in [3.05, 3.63) is 29.0 Å². The lowest BCUT2D eigenvalue weighted by atomic mass is 10.1. The summed E-state index contributed by atoms with van der Waals surface area (Å²) in [7, 11) is 0. The zero-order valence-electron chi connectivity index (χ0n) is 12.3. The summed E-state index contributed by atoms with van der Waals surface area (Å²) in [6.45, 7) is 2.23. The summed E-state index contributed by atoms with van der Waals surface area (Å²) in [5.41, 5.74) is 0. The van der Waals surface area contributed by atoms with Gasteiger partial charge in [0.15, 0.2) is 0 Å². The van der Waals surface area contributed by atoms with Gasteiger partial charge in [-0.15, -0.1) is 0 Å². The minimum atomic E-state index is -0.210. The van der Waals surface area contributed by atoms with Crippen LogP contribution in [0.25, 0.3) is 0 Å². The summed E-state index contributed by atoms with van der Waals surface area (Å²) in [6.07, 6.45) is 11.9. The van der Waals surface area contributed by atoms with Crippen LogP contribution in [0.2, 0.25) is 0 Å². The molecule has 0 saturated heterocycles. The summed E-state index contributed by atoms with van der Waals surface area (Å²) in [6, 6.07) is 5.35. The molecular weight excluding hydrogens is 270 g/mol. The zero-order chi connectivity index (χ0) is 14.6. The fourth-order valence-corrected chi connectivity index (χ4v) is 2.22. The third kappa shape index (κ3) is 7.43. The molecule has 0 bridgehead atoms. The van der Waals surface area contributed by atoms with Crippen LogP contribution in [0.5, 0.6) is 0 Å². The van der Waals surface area contributed by atoms with Gasteiger partial charge < -0.3 is 4.84 Å². The van der Waals surface area contributed by atoms with Gasteiger partial charge >= 0.3 is 5.97 Å². The van der Waals surface area contributed by atoms with E-state index in [9.17, 15) is 4.79 Å². The van der Waals surface area contributed by atoms with Crippen LogP contribution in [-0.2, 0) is 4.79 Å². The van der Waals surface area contributed by atoms with Gasteiger partial charge in [0.05, 0.1) is 0 Å². The summed E-state index contributed by atoms with van der Waals surface area (Å²) in [5, 5.41) is 0. The van der Waals surface area contributed by atoms with Crippen molar-refractivity contribution < 1.29 is 9.63 Å². The molecule has 0 fully saturated rings. The maximum atomic E-state index is 11.6. The topological polar surface area (TPSA) is 31.2 Å². The van der Waals surface area contributed by atoms with E-state index in [1.165, 1.54) is 43.3 Å². The van der Waals surface area contributed by atoms with Crippen LogP contribution in [-0.4, -0.2) is 10.7 Å². The molecule has 0 spiro atoms. The van der Waals surface area contributed by atoms with Gasteiger partial charge in [-0.25, -0.2) is 4.79 Å². The van der Waals surface area contributed by atoms with E-state index in [2.05, 4.69) is 6.92 Å². The lowest BCUT2D eigenvalue weighted by Crippen LogP contribution is -2.19. The number of carbonyl (C=O) groups is 1. The Hall–Kier alpha value is -1.16. The standard InChI is InChI=1S/C16H25NO2S/c1-2-3-4-5-6-7-8-9-13-16(18)19-17-14-11-10-12-15(17)20/h10-12,14H,2-9,13H2,1H3. The molecular formula is C16H25NO2S. The third-order valence-corrected chi connectivity index (χ3v) is 3.54. The number of nitrogens with zero attached hydrogens (tertiary/aromatic N) is 1. The number of rotatable bonds is 10. The number of unbranched alkanes of at least 4 members (excludes halogenated alkanes) is 7. The van der Waals surface area contributed by atoms with Gasteiger partial charge in [0.1, 0.15) is 4.64 Å². The first kappa shape index (κ1) is 16.9. The maximum Gasteiger partial charge on any atom is 0.332 e. The average Bonchev–Trinajstić information content (AvgIpc) is 2.44. The first-order valence-corrected chi connectivity index (χ1v) is 8.03. The van der Waals surface area contributed by atoms with E-state index in [0.29, 0.717) is 11.1 Å². The summed E-state index contributed by atoms with van der Waals surface area (Å²) < 4.78 is 1.86. The minimum Gasteiger partial charge on any atom is -0.336 e. The Morgan fingerprint density at radius 1 is 1.10 bits per heavy atom. The molecule has 0 unspecified atom stereocenters. The Morgan fingerprint density at radius 2 is 1.75 bits per heavy atom. The van der Waals surface area contributed by atoms with Gasteiger partial charge in [-0.2, -0.15) is 4.73 Å². The molecule has 0 aliphatic carbocycles. The molecule has 0 aromatic carbocycles. The molecule has 1 aromatic heterocycles. The SMILES string of the molecule is CCCCCCCCCCC(=O)On1ccccc1=S. The molecule has 1 aromatic rings. The second-order valence-electron chi connectivity index (χ2n) is 5.05. The first-order valence-electron chi connectivity index (χ1n) is 7.63. The molecule has 0 radical (unpaired) electrons. The van der Waals surface area contributed by atoms with E-state index in [1.54, 1.807) is 18.3 Å². The lowest BCUT2D eigenvalue weighted by molar-refractivity contribution is -0.144. The second kappa shape index (κ2) is 10.6. The van der Waals surface area contributed by atoms with Gasteiger partial charge in [-0.3, -0.25) is 0 Å². The van der Waals surface area contributed by atoms with Crippen molar-refractivity contribution in [3.63, 3.8) is 0 Å². The Kier molecular flexibility index (Phi) is 8.96. The van der Waals surface area contributed by atoms with Gasteiger partial charge in [-0.1, -0.05) is 70.2 Å². The number of pyridine rings is 1. The van der Waals surface area contributed by atoms with Crippen LogP contribution in [0, 0.1) is 4.64 Å². The van der Waals surface area contributed by atoms with E-state index in [-0.39, 0.29) is 5.97 Å². The smallest absolute Gasteiger partial charge is 0.332 e. The van der Waals surface area contributed by atoms with Crippen molar-refractivity contribution >= 4 is 18.2 Å². The Morgan fingerprint density at radius 3 is 2.40 bits per heavy atom. The molecule has 112 valence electrons. The molecule has 0 aliphatic rings. The largest absolute Gasteiger partial charge is 0.336 e. The number of hydrogen-bond donors (Lipinski definition) is 0. The van der Waals surface area contributed by atoms with E-state index in [4.69, 9.17) is 17.1 Å². The maximum absolute atomic E-state index is 11.6. The molecule has 1 heterocycles. The fourth-order valence-electron chi connectivity index (χ4n) is 2.05. The Bertz CT molecular complexity index is 442. The number of carbonyl (C=O) groups excluding carboxylic acids is 1. The van der Waals surface area contributed by atoms with Crippen LogP contribution in [0.15, 0.2) is 24.4 Å².